The van der Waals surface area contributed by atoms with Gasteiger partial charge < -0.3 is 20.1 Å². The van der Waals surface area contributed by atoms with E-state index < -0.39 is 12.0 Å². The van der Waals surface area contributed by atoms with E-state index in [4.69, 9.17) is 22.1 Å². The summed E-state index contributed by atoms with van der Waals surface area (Å²) in [6.07, 6.45) is 4.74. The van der Waals surface area contributed by atoms with E-state index in [-0.39, 0.29) is 18.1 Å². The zero-order valence-electron chi connectivity index (χ0n) is 19.4. The number of imidazole rings is 1. The van der Waals surface area contributed by atoms with E-state index in [9.17, 15) is 9.90 Å². The van der Waals surface area contributed by atoms with Gasteiger partial charge in [-0.3, -0.25) is 4.79 Å². The number of carbonyl (C=O) groups excluding carboxylic acids is 1. The average molecular weight is 565 g/mol. The maximum absolute atomic E-state index is 11.2. The Kier molecular flexibility index (Phi) is 10.7. The number of aliphatic hydroxyl groups excluding tert-OH is 1. The summed E-state index contributed by atoms with van der Waals surface area (Å²) >= 11 is 9.28. The second-order valence-electron chi connectivity index (χ2n) is 8.07. The molecule has 3 N–H and O–H groups in total. The molecule has 0 saturated carbocycles. The zero-order chi connectivity index (χ0) is 24.6. The van der Waals surface area contributed by atoms with Crippen LogP contribution in [-0.4, -0.2) is 26.7 Å². The number of rotatable bonds is 12. The summed E-state index contributed by atoms with van der Waals surface area (Å²) in [5.41, 5.74) is 7.63. The molecule has 0 saturated heterocycles. The molecule has 190 valence electrons. The minimum absolute atomic E-state index is 0. The third-order valence-corrected chi connectivity index (χ3v) is 7.72. The third kappa shape index (κ3) is 8.28. The maximum atomic E-state index is 11.2. The van der Waals surface area contributed by atoms with Gasteiger partial charge in [0, 0.05) is 17.6 Å². The van der Waals surface area contributed by atoms with E-state index >= 15 is 0 Å². The van der Waals surface area contributed by atoms with Gasteiger partial charge in [-0.2, -0.15) is 0 Å². The molecule has 36 heavy (non-hydrogen) atoms. The van der Waals surface area contributed by atoms with Gasteiger partial charge in [0.05, 0.1) is 21.0 Å². The van der Waals surface area contributed by atoms with Crippen LogP contribution in [0.3, 0.4) is 0 Å². The van der Waals surface area contributed by atoms with Crippen LogP contribution in [-0.2, 0) is 19.6 Å². The summed E-state index contributed by atoms with van der Waals surface area (Å²) in [6.45, 7) is 0.852. The summed E-state index contributed by atoms with van der Waals surface area (Å²) < 4.78 is 9.76. The number of hydrogen-bond donors (Lipinski definition) is 2. The molecule has 4 aromatic rings. The second kappa shape index (κ2) is 13.7. The molecule has 0 bridgehead atoms. The van der Waals surface area contributed by atoms with Crippen molar-refractivity contribution in [2.24, 2.45) is 5.73 Å². The normalized spacial score (nSPS) is 11.6. The zero-order valence-corrected chi connectivity index (χ0v) is 22.6. The molecule has 0 aliphatic carbocycles. The van der Waals surface area contributed by atoms with Crippen molar-refractivity contribution in [3.63, 3.8) is 0 Å². The third-order valence-electron chi connectivity index (χ3n) is 5.35. The highest BCUT2D eigenvalue weighted by Gasteiger charge is 2.10. The van der Waals surface area contributed by atoms with Crippen molar-refractivity contribution in [3.8, 4) is 5.75 Å². The SMILES string of the molecule is Cl.NC(=O)c1cn(C[C@@H](O)CCCc2ccccc2OCc2ccc(Sc3ccc(Cl)s3)cc2)cn1. The fourth-order valence-corrected chi connectivity index (χ4v) is 5.86. The molecule has 0 aliphatic rings. The molecule has 0 spiro atoms. The Morgan fingerprint density at radius 1 is 1.17 bits per heavy atom. The molecule has 2 aromatic carbocycles. The van der Waals surface area contributed by atoms with E-state index in [0.29, 0.717) is 19.6 Å². The molecular weight excluding hydrogens is 537 g/mol. The molecule has 0 radical (unpaired) electrons. The van der Waals surface area contributed by atoms with E-state index in [0.717, 1.165) is 38.9 Å². The molecule has 6 nitrogen and oxygen atoms in total. The quantitative estimate of drug-likeness (QED) is 0.213. The number of amides is 1. The van der Waals surface area contributed by atoms with Gasteiger partial charge in [-0.15, -0.1) is 23.7 Å². The summed E-state index contributed by atoms with van der Waals surface area (Å²) in [6, 6.07) is 20.3. The van der Waals surface area contributed by atoms with Gasteiger partial charge in [0.1, 0.15) is 18.1 Å². The van der Waals surface area contributed by atoms with Crippen LogP contribution in [0.25, 0.3) is 0 Å². The van der Waals surface area contributed by atoms with E-state index in [2.05, 4.69) is 35.3 Å². The first-order valence-corrected chi connectivity index (χ1v) is 13.2. The van der Waals surface area contributed by atoms with Crippen LogP contribution in [0.2, 0.25) is 4.34 Å². The number of primary amides is 1. The monoisotopic (exact) mass is 563 g/mol. The van der Waals surface area contributed by atoms with Gasteiger partial charge >= 0.3 is 0 Å². The minimum Gasteiger partial charge on any atom is -0.489 e. The van der Waals surface area contributed by atoms with Gasteiger partial charge in [-0.05, 0) is 60.7 Å². The van der Waals surface area contributed by atoms with E-state index in [1.807, 2.05) is 30.3 Å². The molecule has 10 heteroatoms. The Labute approximate surface area is 229 Å². The number of ether oxygens (including phenoxy) is 1. The van der Waals surface area contributed by atoms with Crippen LogP contribution in [0.4, 0.5) is 0 Å². The average Bonchev–Trinajstić information content (AvgIpc) is 3.48. The van der Waals surface area contributed by atoms with Crippen molar-refractivity contribution in [1.82, 2.24) is 9.55 Å². The lowest BCUT2D eigenvalue weighted by Gasteiger charge is -2.14. The highest BCUT2D eigenvalue weighted by atomic mass is 35.5. The highest BCUT2D eigenvalue weighted by molar-refractivity contribution is 8.01. The topological polar surface area (TPSA) is 90.4 Å². The van der Waals surface area contributed by atoms with Gasteiger partial charge in [0.25, 0.3) is 5.91 Å². The lowest BCUT2D eigenvalue weighted by atomic mass is 10.0. The summed E-state index contributed by atoms with van der Waals surface area (Å²) in [5, 5.41) is 10.4. The molecule has 0 fully saturated rings. The molecule has 2 heterocycles. The van der Waals surface area contributed by atoms with Gasteiger partial charge in [-0.25, -0.2) is 4.98 Å². The van der Waals surface area contributed by atoms with Crippen molar-refractivity contribution >= 4 is 53.0 Å². The Balaban J connectivity index is 0.00000361. The molecule has 1 amide bonds. The summed E-state index contributed by atoms with van der Waals surface area (Å²) in [4.78, 5) is 16.2. The van der Waals surface area contributed by atoms with Crippen LogP contribution in [0, 0.1) is 0 Å². The smallest absolute Gasteiger partial charge is 0.268 e. The van der Waals surface area contributed by atoms with Gasteiger partial charge in [0.15, 0.2) is 0 Å². The number of hydrogen-bond acceptors (Lipinski definition) is 6. The number of para-hydroxylation sites is 1. The Morgan fingerprint density at radius 3 is 2.64 bits per heavy atom. The van der Waals surface area contributed by atoms with Gasteiger partial charge in [-0.1, -0.05) is 53.7 Å². The van der Waals surface area contributed by atoms with Crippen LogP contribution in [0.5, 0.6) is 5.75 Å². The predicted molar refractivity (Wildman–Crippen MR) is 148 cm³/mol. The van der Waals surface area contributed by atoms with E-state index in [1.54, 1.807) is 33.9 Å². The standard InChI is InChI=1S/C26H26ClN3O3S2.ClH/c27-24-12-13-25(35-24)34-21-10-8-18(9-11-21)16-33-23-7-2-1-4-19(23)5-3-6-20(31)14-30-15-22(26(28)32)29-17-30;/h1-2,4,7-13,15,17,20,31H,3,5-6,14,16H2,(H2,28,32);1H/t20-;/m0./s1. The number of nitrogens with zero attached hydrogens (tertiary/aromatic N) is 2. The molecule has 2 aromatic heterocycles. The molecule has 1 atom stereocenters. The first-order valence-electron chi connectivity index (χ1n) is 11.2. The molecule has 0 aliphatic heterocycles. The lowest BCUT2D eigenvalue weighted by Crippen LogP contribution is -2.15. The Hall–Kier alpha value is -2.49. The summed E-state index contributed by atoms with van der Waals surface area (Å²) in [5.74, 6) is 0.280. The first kappa shape index (κ1) is 28.1. The molecular formula is C26H27Cl2N3O3S2. The van der Waals surface area contributed by atoms with Crippen LogP contribution in [0.1, 0.15) is 34.5 Å². The number of thiophene rings is 1. The Morgan fingerprint density at radius 2 is 1.94 bits per heavy atom. The van der Waals surface area contributed by atoms with Gasteiger partial charge in [0.2, 0.25) is 0 Å². The van der Waals surface area contributed by atoms with Crippen LogP contribution >= 0.6 is 47.1 Å². The van der Waals surface area contributed by atoms with Crippen molar-refractivity contribution in [2.45, 2.75) is 47.6 Å². The number of aryl methyl sites for hydroxylation is 1. The van der Waals surface area contributed by atoms with Crippen molar-refractivity contribution in [2.75, 3.05) is 0 Å². The Bertz CT molecular complexity index is 1260. The summed E-state index contributed by atoms with van der Waals surface area (Å²) in [7, 11) is 0. The van der Waals surface area contributed by atoms with Crippen LogP contribution < -0.4 is 10.5 Å². The number of aromatic nitrogens is 2. The minimum atomic E-state index is -0.576. The number of carbonyl (C=O) groups is 1. The number of halogens is 2. The largest absolute Gasteiger partial charge is 0.489 e. The van der Waals surface area contributed by atoms with Crippen molar-refractivity contribution < 1.29 is 14.6 Å². The fraction of sp³-hybridized carbons (Fsp3) is 0.231. The number of benzene rings is 2. The number of aliphatic hydroxyl groups is 1. The molecule has 0 unspecified atom stereocenters. The van der Waals surface area contributed by atoms with E-state index in [1.165, 1.54) is 10.5 Å². The first-order chi connectivity index (χ1) is 17.0. The van der Waals surface area contributed by atoms with Crippen LogP contribution in [0.15, 0.2) is 82.3 Å². The maximum Gasteiger partial charge on any atom is 0.268 e. The predicted octanol–water partition coefficient (Wildman–Crippen LogP) is 6.23. The fourth-order valence-electron chi connectivity index (χ4n) is 3.58. The second-order valence-corrected chi connectivity index (χ2v) is 11.2. The molecule has 4 rings (SSSR count). The van der Waals surface area contributed by atoms with Crippen molar-refractivity contribution in [3.05, 3.63) is 94.3 Å². The highest BCUT2D eigenvalue weighted by Crippen LogP contribution is 2.35. The number of nitrogens with two attached hydrogens (primary N) is 1. The lowest BCUT2D eigenvalue weighted by molar-refractivity contribution is 0.0995. The van der Waals surface area contributed by atoms with Crippen molar-refractivity contribution in [1.29, 1.82) is 0 Å².